The first kappa shape index (κ1) is 52.0. The van der Waals surface area contributed by atoms with Crippen molar-refractivity contribution in [2.45, 2.75) is 173 Å². The Balaban J connectivity index is 1.64. The molecular formula is C46H74O16. The average molecular weight is 883 g/mol. The lowest BCUT2D eigenvalue weighted by Gasteiger charge is -2.48. The molecule has 2 bridgehead atoms. The summed E-state index contributed by atoms with van der Waals surface area (Å²) in [5.41, 5.74) is -0.948. The Hall–Kier alpha value is -2.61. The fraction of sp³-hybridized carbons (Fsp3) is 0.804. The van der Waals surface area contributed by atoms with Crippen molar-refractivity contribution in [1.29, 1.82) is 0 Å². The lowest BCUT2D eigenvalue weighted by molar-refractivity contribution is -0.358. The van der Waals surface area contributed by atoms with Gasteiger partial charge in [-0.1, -0.05) is 71.9 Å². The minimum Gasteiger partial charge on any atom is -0.457 e. The third-order valence-electron chi connectivity index (χ3n) is 12.6. The van der Waals surface area contributed by atoms with E-state index in [9.17, 15) is 19.5 Å². The van der Waals surface area contributed by atoms with Crippen LogP contribution in [0.15, 0.2) is 36.5 Å². The Bertz CT molecular complexity index is 1510. The molecule has 1 N–H and O–H groups in total. The molecule has 0 aromatic rings. The van der Waals surface area contributed by atoms with Crippen molar-refractivity contribution in [3.63, 3.8) is 0 Å². The van der Waals surface area contributed by atoms with Gasteiger partial charge >= 0.3 is 11.9 Å². The third kappa shape index (κ3) is 13.2. The molecule has 17 unspecified atom stereocenters. The van der Waals surface area contributed by atoms with Crippen molar-refractivity contribution in [1.82, 2.24) is 0 Å². The first-order valence-electron chi connectivity index (χ1n) is 21.9. The molecule has 0 spiro atoms. The standard InChI is InChI=1S/C46H74O16/c1-25(2)18-16-14-15-17-19-36-46(7,8)35(49)20-26(3)38(51-9)31(48)21-30-22-32(27(4)33(59-30)23-37(50)61-36)60-44-42(54-12)40(34(24-56-44)58-29(6)47)62-45-43(55-13)41(53-11)39(52-10)28(5)57-45/h14-19,25-28,30,32-36,38-45,49H,20-24H2,1-13H3. The van der Waals surface area contributed by atoms with Gasteiger partial charge in [0.2, 0.25) is 0 Å². The molecule has 4 aliphatic rings. The summed E-state index contributed by atoms with van der Waals surface area (Å²) >= 11 is 0. The van der Waals surface area contributed by atoms with Gasteiger partial charge in [-0.3, -0.25) is 14.4 Å². The fourth-order valence-corrected chi connectivity index (χ4v) is 8.89. The van der Waals surface area contributed by atoms with Crippen LogP contribution in [0.5, 0.6) is 0 Å². The summed E-state index contributed by atoms with van der Waals surface area (Å²) in [6, 6.07) is 0. The number of cyclic esters (lactones) is 1. The first-order valence-corrected chi connectivity index (χ1v) is 21.9. The molecule has 62 heavy (non-hydrogen) atoms. The number of fused-ring (bicyclic) bond motifs is 2. The van der Waals surface area contributed by atoms with Crippen LogP contribution in [0.1, 0.15) is 81.1 Å². The molecule has 0 radical (unpaired) electrons. The van der Waals surface area contributed by atoms with E-state index in [0.29, 0.717) is 5.92 Å². The van der Waals surface area contributed by atoms with Crippen molar-refractivity contribution in [2.24, 2.45) is 23.2 Å². The number of carbonyl (C=O) groups excluding carboxylic acids is 3. The minimum atomic E-state index is -1.06. The quantitative estimate of drug-likeness (QED) is 0.188. The molecule has 0 saturated carbocycles. The summed E-state index contributed by atoms with van der Waals surface area (Å²) in [6.45, 7) is 14.6. The molecule has 4 saturated heterocycles. The number of aliphatic hydroxyl groups is 1. The zero-order chi connectivity index (χ0) is 45.9. The van der Waals surface area contributed by atoms with Gasteiger partial charge < -0.3 is 61.9 Å². The van der Waals surface area contributed by atoms with Crippen LogP contribution in [0, 0.1) is 23.2 Å². The highest BCUT2D eigenvalue weighted by molar-refractivity contribution is 5.84. The van der Waals surface area contributed by atoms with Gasteiger partial charge in [0, 0.05) is 66.6 Å². The number of ether oxygens (including phenoxy) is 12. The van der Waals surface area contributed by atoms with Gasteiger partial charge in [0.25, 0.3) is 0 Å². The lowest BCUT2D eigenvalue weighted by atomic mass is 9.75. The zero-order valence-electron chi connectivity index (χ0n) is 39.0. The van der Waals surface area contributed by atoms with E-state index >= 15 is 0 Å². The van der Waals surface area contributed by atoms with Gasteiger partial charge in [0.1, 0.15) is 42.7 Å². The Morgan fingerprint density at radius 2 is 1.42 bits per heavy atom. The second kappa shape index (κ2) is 24.1. The van der Waals surface area contributed by atoms with E-state index in [0.717, 1.165) is 0 Å². The summed E-state index contributed by atoms with van der Waals surface area (Å²) in [4.78, 5) is 40.3. The van der Waals surface area contributed by atoms with Crippen LogP contribution in [0.25, 0.3) is 0 Å². The molecule has 16 heteroatoms. The van der Waals surface area contributed by atoms with Crippen LogP contribution in [0.4, 0.5) is 0 Å². The molecule has 4 aliphatic heterocycles. The molecule has 16 nitrogen and oxygen atoms in total. The smallest absolute Gasteiger partial charge is 0.309 e. The molecule has 354 valence electrons. The molecule has 4 fully saturated rings. The first-order chi connectivity index (χ1) is 29.4. The van der Waals surface area contributed by atoms with Gasteiger partial charge in [-0.15, -0.1) is 0 Å². The molecule has 0 aromatic carbocycles. The average Bonchev–Trinajstić information content (AvgIpc) is 3.20. The molecule has 17 atom stereocenters. The molecule has 0 aliphatic carbocycles. The summed E-state index contributed by atoms with van der Waals surface area (Å²) in [6.07, 6.45) is -0.121. The molecular weight excluding hydrogens is 808 g/mol. The second-order valence-electron chi connectivity index (χ2n) is 17.9. The van der Waals surface area contributed by atoms with E-state index in [4.69, 9.17) is 56.8 Å². The zero-order valence-corrected chi connectivity index (χ0v) is 39.0. The van der Waals surface area contributed by atoms with Crippen molar-refractivity contribution < 1.29 is 76.3 Å². The molecule has 0 amide bonds. The fourth-order valence-electron chi connectivity index (χ4n) is 8.89. The topological polar surface area (TPSA) is 182 Å². The minimum absolute atomic E-state index is 0.0261. The van der Waals surface area contributed by atoms with Crippen LogP contribution in [-0.2, 0) is 71.2 Å². The van der Waals surface area contributed by atoms with Crippen molar-refractivity contribution in [3.8, 4) is 0 Å². The summed E-state index contributed by atoms with van der Waals surface area (Å²) in [5.74, 6) is -1.69. The summed E-state index contributed by atoms with van der Waals surface area (Å²) in [7, 11) is 7.59. The maximum absolute atomic E-state index is 14.0. The number of methoxy groups -OCH3 is 5. The highest BCUT2D eigenvalue weighted by atomic mass is 16.8. The molecule has 0 aromatic heterocycles. The monoisotopic (exact) mass is 882 g/mol. The van der Waals surface area contributed by atoms with Crippen LogP contribution in [0.3, 0.4) is 0 Å². The van der Waals surface area contributed by atoms with Crippen molar-refractivity contribution >= 4 is 17.7 Å². The number of carbonyl (C=O) groups is 3. The predicted octanol–water partition coefficient (Wildman–Crippen LogP) is 4.67. The van der Waals surface area contributed by atoms with Crippen LogP contribution in [0.2, 0.25) is 0 Å². The van der Waals surface area contributed by atoms with Gasteiger partial charge in [0.05, 0.1) is 43.5 Å². The van der Waals surface area contributed by atoms with E-state index < -0.39 is 115 Å². The normalized spacial score (nSPS) is 40.2. The molecule has 4 rings (SSSR count). The maximum Gasteiger partial charge on any atom is 0.309 e. The Kier molecular flexibility index (Phi) is 20.2. The number of rotatable bonds is 14. The second-order valence-corrected chi connectivity index (χ2v) is 17.9. The molecule has 4 heterocycles. The largest absolute Gasteiger partial charge is 0.457 e. The van der Waals surface area contributed by atoms with Crippen LogP contribution < -0.4 is 0 Å². The highest BCUT2D eigenvalue weighted by Crippen LogP contribution is 2.39. The van der Waals surface area contributed by atoms with Gasteiger partial charge in [-0.25, -0.2) is 0 Å². The van der Waals surface area contributed by atoms with Gasteiger partial charge in [-0.05, 0) is 31.3 Å². The van der Waals surface area contributed by atoms with E-state index in [1.165, 1.54) is 28.3 Å². The number of aliphatic hydroxyl groups excluding tert-OH is 1. The number of hydrogen-bond acceptors (Lipinski definition) is 16. The van der Waals surface area contributed by atoms with E-state index in [1.807, 2.05) is 52.8 Å². The van der Waals surface area contributed by atoms with Crippen LogP contribution in [-0.4, -0.2) is 157 Å². The van der Waals surface area contributed by atoms with E-state index in [-0.39, 0.29) is 44.0 Å². The number of Topliss-reactive ketones (excluding diaryl/α,β-unsaturated/α-hetero) is 1. The maximum atomic E-state index is 14.0. The number of allylic oxidation sites excluding steroid dienone is 5. The van der Waals surface area contributed by atoms with Crippen molar-refractivity contribution in [2.75, 3.05) is 42.2 Å². The number of ketones is 1. The van der Waals surface area contributed by atoms with Gasteiger partial charge in [0.15, 0.2) is 24.5 Å². The van der Waals surface area contributed by atoms with E-state index in [1.54, 1.807) is 26.4 Å². The Labute approximate surface area is 368 Å². The predicted molar refractivity (Wildman–Crippen MR) is 226 cm³/mol. The lowest BCUT2D eigenvalue weighted by Crippen LogP contribution is -2.64. The summed E-state index contributed by atoms with van der Waals surface area (Å²) in [5, 5.41) is 11.6. The van der Waals surface area contributed by atoms with Crippen molar-refractivity contribution in [3.05, 3.63) is 36.5 Å². The third-order valence-corrected chi connectivity index (χ3v) is 12.6. The SMILES string of the molecule is COC1C(=O)CC2CC(OC3OCC(OC(C)=O)C(OC4OC(C)C(OC)C(OC)C4OC)C3OC)C(C)C(CC(=O)OC(C=CC=CC=CC(C)C)C(C)(C)C(O)CC1C)O2. The Morgan fingerprint density at radius 3 is 2.03 bits per heavy atom. The number of esters is 2. The van der Waals surface area contributed by atoms with Gasteiger partial charge in [-0.2, -0.15) is 0 Å². The van der Waals surface area contributed by atoms with E-state index in [2.05, 4.69) is 19.9 Å². The highest BCUT2D eigenvalue weighted by Gasteiger charge is 2.53. The Morgan fingerprint density at radius 1 is 0.774 bits per heavy atom. The van der Waals surface area contributed by atoms with Crippen LogP contribution >= 0.6 is 0 Å². The number of hydrogen-bond donors (Lipinski definition) is 1. The summed E-state index contributed by atoms with van der Waals surface area (Å²) < 4.78 is 73.4.